The zero-order chi connectivity index (χ0) is 16.1. The number of amides is 1. The number of rotatable bonds is 5. The van der Waals surface area contributed by atoms with Crippen LogP contribution in [-0.2, 0) is 11.3 Å². The molecule has 1 N–H and O–H groups in total. The van der Waals surface area contributed by atoms with Crippen molar-refractivity contribution in [2.75, 3.05) is 18.5 Å². The molecule has 116 valence electrons. The summed E-state index contributed by atoms with van der Waals surface area (Å²) in [7, 11) is 1.83. The summed E-state index contributed by atoms with van der Waals surface area (Å²) in [4.78, 5) is 22.0. The lowest BCUT2D eigenvalue weighted by molar-refractivity contribution is -0.119. The van der Waals surface area contributed by atoms with Crippen LogP contribution in [0.15, 0.2) is 30.7 Å². The molecule has 0 fully saturated rings. The molecule has 0 aliphatic carbocycles. The number of aromatic nitrogens is 2. The van der Waals surface area contributed by atoms with E-state index in [-0.39, 0.29) is 12.5 Å². The van der Waals surface area contributed by atoms with Gasteiger partial charge in [-0.1, -0.05) is 17.7 Å². The number of aryl methyl sites for hydroxylation is 3. The van der Waals surface area contributed by atoms with Gasteiger partial charge in [-0.15, -0.1) is 0 Å². The van der Waals surface area contributed by atoms with E-state index in [0.717, 1.165) is 0 Å². The molecule has 0 radical (unpaired) electrons. The highest BCUT2D eigenvalue weighted by Crippen LogP contribution is 2.16. The molecule has 0 saturated heterocycles. The Kier molecular flexibility index (Phi) is 5.09. The molecule has 22 heavy (non-hydrogen) atoms. The summed E-state index contributed by atoms with van der Waals surface area (Å²) in [6.07, 6.45) is 4.87. The number of nitrogens with zero attached hydrogens (tertiary/aromatic N) is 3. The molecular formula is C17H22N4O. The summed E-state index contributed by atoms with van der Waals surface area (Å²) in [6, 6.07) is 4.28. The first-order valence-electron chi connectivity index (χ1n) is 7.28. The van der Waals surface area contributed by atoms with Gasteiger partial charge in [0.2, 0.25) is 5.91 Å². The van der Waals surface area contributed by atoms with Crippen LogP contribution in [0, 0.1) is 20.8 Å². The van der Waals surface area contributed by atoms with Crippen LogP contribution in [0.2, 0.25) is 0 Å². The standard InChI is InChI=1S/C17H22N4O/c1-12-7-13(2)15(14(3)8-12)9-20-17(22)11-21(4)16-10-18-5-6-19-16/h5-8,10H,9,11H2,1-4H3,(H,20,22). The van der Waals surface area contributed by atoms with Gasteiger partial charge in [0.25, 0.3) is 0 Å². The van der Waals surface area contributed by atoms with Crippen LogP contribution in [0.4, 0.5) is 5.82 Å². The Labute approximate surface area is 131 Å². The number of likely N-dealkylation sites (N-methyl/N-ethyl adjacent to an activating group) is 1. The van der Waals surface area contributed by atoms with Gasteiger partial charge in [-0.25, -0.2) is 4.98 Å². The Balaban J connectivity index is 1.94. The maximum Gasteiger partial charge on any atom is 0.239 e. The largest absolute Gasteiger partial charge is 0.350 e. The second kappa shape index (κ2) is 7.02. The summed E-state index contributed by atoms with van der Waals surface area (Å²) in [5, 5.41) is 2.97. The topological polar surface area (TPSA) is 58.1 Å². The molecule has 2 rings (SSSR count). The van der Waals surface area contributed by atoms with Crippen molar-refractivity contribution in [3.8, 4) is 0 Å². The van der Waals surface area contributed by atoms with Gasteiger partial charge in [0.15, 0.2) is 0 Å². The monoisotopic (exact) mass is 298 g/mol. The number of carbonyl (C=O) groups is 1. The predicted octanol–water partition coefficient (Wildman–Crippen LogP) is 2.15. The van der Waals surface area contributed by atoms with Crippen LogP contribution in [0.25, 0.3) is 0 Å². The molecule has 0 saturated carbocycles. The van der Waals surface area contributed by atoms with Crippen molar-refractivity contribution in [2.45, 2.75) is 27.3 Å². The Morgan fingerprint density at radius 3 is 2.45 bits per heavy atom. The molecule has 0 bridgehead atoms. The lowest BCUT2D eigenvalue weighted by Gasteiger charge is -2.18. The second-order valence-corrected chi connectivity index (χ2v) is 5.57. The van der Waals surface area contributed by atoms with Gasteiger partial charge in [0.1, 0.15) is 5.82 Å². The average molecular weight is 298 g/mol. The molecule has 1 heterocycles. The normalized spacial score (nSPS) is 10.4. The van der Waals surface area contributed by atoms with Gasteiger partial charge in [-0.05, 0) is 37.5 Å². The molecule has 0 spiro atoms. The molecule has 1 aromatic heterocycles. The quantitative estimate of drug-likeness (QED) is 0.919. The van der Waals surface area contributed by atoms with Crippen molar-refractivity contribution < 1.29 is 4.79 Å². The van der Waals surface area contributed by atoms with Crippen LogP contribution >= 0.6 is 0 Å². The van der Waals surface area contributed by atoms with Gasteiger partial charge in [-0.2, -0.15) is 0 Å². The zero-order valence-corrected chi connectivity index (χ0v) is 13.6. The van der Waals surface area contributed by atoms with Crippen molar-refractivity contribution in [2.24, 2.45) is 0 Å². The summed E-state index contributed by atoms with van der Waals surface area (Å²) < 4.78 is 0. The lowest BCUT2D eigenvalue weighted by atomic mass is 10.00. The summed E-state index contributed by atoms with van der Waals surface area (Å²) in [5.74, 6) is 0.646. The second-order valence-electron chi connectivity index (χ2n) is 5.57. The first-order chi connectivity index (χ1) is 10.5. The third kappa shape index (κ3) is 4.04. The molecule has 0 aliphatic rings. The highest BCUT2D eigenvalue weighted by molar-refractivity contribution is 5.80. The maximum atomic E-state index is 12.1. The van der Waals surface area contributed by atoms with E-state index >= 15 is 0 Å². The lowest BCUT2D eigenvalue weighted by Crippen LogP contribution is -2.35. The molecule has 1 aromatic carbocycles. The van der Waals surface area contributed by atoms with Crippen LogP contribution in [0.5, 0.6) is 0 Å². The summed E-state index contributed by atoms with van der Waals surface area (Å²) >= 11 is 0. The van der Waals surface area contributed by atoms with E-state index in [0.29, 0.717) is 12.4 Å². The summed E-state index contributed by atoms with van der Waals surface area (Å²) in [5.41, 5.74) is 4.84. The van der Waals surface area contributed by atoms with E-state index < -0.39 is 0 Å². The fraction of sp³-hybridized carbons (Fsp3) is 0.353. The number of hydrogen-bond acceptors (Lipinski definition) is 4. The fourth-order valence-corrected chi connectivity index (χ4v) is 2.52. The van der Waals surface area contributed by atoms with E-state index in [4.69, 9.17) is 0 Å². The minimum Gasteiger partial charge on any atom is -0.350 e. The average Bonchev–Trinajstić information content (AvgIpc) is 2.47. The van der Waals surface area contributed by atoms with Crippen molar-refractivity contribution in [1.29, 1.82) is 0 Å². The molecule has 5 nitrogen and oxygen atoms in total. The molecule has 2 aromatic rings. The van der Waals surface area contributed by atoms with Crippen LogP contribution in [0.1, 0.15) is 22.3 Å². The first kappa shape index (κ1) is 15.9. The van der Waals surface area contributed by atoms with Gasteiger partial charge in [0, 0.05) is 26.0 Å². The Morgan fingerprint density at radius 2 is 1.86 bits per heavy atom. The SMILES string of the molecule is Cc1cc(C)c(CNC(=O)CN(C)c2cnccn2)c(C)c1. The zero-order valence-electron chi connectivity index (χ0n) is 13.6. The van der Waals surface area contributed by atoms with Gasteiger partial charge in [-0.3, -0.25) is 9.78 Å². The number of hydrogen-bond donors (Lipinski definition) is 1. The number of benzene rings is 1. The number of carbonyl (C=O) groups excluding carboxylic acids is 1. The Hall–Kier alpha value is -2.43. The first-order valence-corrected chi connectivity index (χ1v) is 7.28. The van der Waals surface area contributed by atoms with Crippen molar-refractivity contribution in [1.82, 2.24) is 15.3 Å². The maximum absolute atomic E-state index is 12.1. The highest BCUT2D eigenvalue weighted by Gasteiger charge is 2.10. The van der Waals surface area contributed by atoms with Gasteiger partial charge < -0.3 is 10.2 Å². The van der Waals surface area contributed by atoms with E-state index in [9.17, 15) is 4.79 Å². The van der Waals surface area contributed by atoms with Gasteiger partial charge in [0.05, 0.1) is 12.7 Å². The van der Waals surface area contributed by atoms with Crippen LogP contribution < -0.4 is 10.2 Å². The molecule has 0 atom stereocenters. The number of anilines is 1. The molecule has 1 amide bonds. The van der Waals surface area contributed by atoms with Crippen molar-refractivity contribution >= 4 is 11.7 Å². The minimum absolute atomic E-state index is 0.0347. The number of nitrogens with one attached hydrogen (secondary N) is 1. The molecule has 0 unspecified atom stereocenters. The third-order valence-electron chi connectivity index (χ3n) is 3.62. The molecule has 5 heteroatoms. The minimum atomic E-state index is -0.0347. The van der Waals surface area contributed by atoms with Gasteiger partial charge >= 0.3 is 0 Å². The summed E-state index contributed by atoms with van der Waals surface area (Å²) in [6.45, 7) is 7.03. The molecular weight excluding hydrogens is 276 g/mol. The van der Waals surface area contributed by atoms with Crippen molar-refractivity contribution in [3.63, 3.8) is 0 Å². The van der Waals surface area contributed by atoms with E-state index in [1.807, 2.05) is 7.05 Å². The third-order valence-corrected chi connectivity index (χ3v) is 3.62. The highest BCUT2D eigenvalue weighted by atomic mass is 16.2. The van der Waals surface area contributed by atoms with Crippen LogP contribution in [0.3, 0.4) is 0 Å². The van der Waals surface area contributed by atoms with E-state index in [2.05, 4.69) is 48.2 Å². The molecule has 0 aliphatic heterocycles. The van der Waals surface area contributed by atoms with Crippen molar-refractivity contribution in [3.05, 3.63) is 53.0 Å². The Morgan fingerprint density at radius 1 is 1.18 bits per heavy atom. The Bertz CT molecular complexity index is 632. The fourth-order valence-electron chi connectivity index (χ4n) is 2.52. The van der Waals surface area contributed by atoms with E-state index in [1.54, 1.807) is 23.5 Å². The van der Waals surface area contributed by atoms with E-state index in [1.165, 1.54) is 22.3 Å². The van der Waals surface area contributed by atoms with Crippen LogP contribution in [-0.4, -0.2) is 29.5 Å². The smallest absolute Gasteiger partial charge is 0.239 e. The predicted molar refractivity (Wildman–Crippen MR) is 87.8 cm³/mol.